The van der Waals surface area contributed by atoms with Gasteiger partial charge in [0.05, 0.1) is 25.3 Å². The molecule has 0 saturated carbocycles. The van der Waals surface area contributed by atoms with Crippen LogP contribution in [0.1, 0.15) is 38.4 Å². The number of carboxylic acid groups (broad SMARTS) is 1. The van der Waals surface area contributed by atoms with E-state index in [9.17, 15) is 14.7 Å². The van der Waals surface area contributed by atoms with Gasteiger partial charge in [0, 0.05) is 48.1 Å². The summed E-state index contributed by atoms with van der Waals surface area (Å²) in [5.41, 5.74) is 5.02. The Morgan fingerprint density at radius 1 is 0.955 bits per heavy atom. The molecule has 1 aliphatic heterocycles. The van der Waals surface area contributed by atoms with E-state index in [2.05, 4.69) is 27.3 Å². The number of aromatic nitrogens is 1. The van der Waals surface area contributed by atoms with Crippen molar-refractivity contribution in [3.05, 3.63) is 101 Å². The van der Waals surface area contributed by atoms with Crippen LogP contribution in [0.3, 0.4) is 0 Å². The zero-order valence-corrected chi connectivity index (χ0v) is 24.9. The van der Waals surface area contributed by atoms with Crippen LogP contribution in [0.15, 0.2) is 78.9 Å². The van der Waals surface area contributed by atoms with Crippen molar-refractivity contribution in [3.63, 3.8) is 0 Å². The van der Waals surface area contributed by atoms with E-state index in [1.54, 1.807) is 0 Å². The first-order valence-corrected chi connectivity index (χ1v) is 15.2. The first-order valence-electron chi connectivity index (χ1n) is 15.2. The van der Waals surface area contributed by atoms with E-state index in [1.807, 2.05) is 73.7 Å². The highest BCUT2D eigenvalue weighted by Gasteiger charge is 2.20. The molecule has 1 fully saturated rings. The Labute approximate surface area is 256 Å². The van der Waals surface area contributed by atoms with E-state index >= 15 is 0 Å². The number of carbonyl (C=O) groups is 2. The van der Waals surface area contributed by atoms with E-state index in [0.717, 1.165) is 82.5 Å². The van der Waals surface area contributed by atoms with Gasteiger partial charge in [-0.05, 0) is 60.0 Å². The Hall–Kier alpha value is -4.66. The Morgan fingerprint density at radius 3 is 2.57 bits per heavy atom. The van der Waals surface area contributed by atoms with Gasteiger partial charge in [-0.1, -0.05) is 60.7 Å². The van der Waals surface area contributed by atoms with E-state index in [4.69, 9.17) is 9.47 Å². The lowest BCUT2D eigenvalue weighted by molar-refractivity contribution is 0.0383. The third kappa shape index (κ3) is 6.32. The van der Waals surface area contributed by atoms with E-state index in [0.29, 0.717) is 31.6 Å². The SMILES string of the molecule is Cc1ccc(C(=O)NCCN2CCOCC2)cc1-c1cccc2c(CCCOc3cccc4ccccc34)c(C(=O)O)[nH]c12. The summed E-state index contributed by atoms with van der Waals surface area (Å²) in [7, 11) is 0. The number of benzene rings is 4. The Balaban J connectivity index is 1.20. The molecule has 3 N–H and O–H groups in total. The molecule has 8 heteroatoms. The minimum absolute atomic E-state index is 0.128. The van der Waals surface area contributed by atoms with Gasteiger partial charge >= 0.3 is 5.97 Å². The highest BCUT2D eigenvalue weighted by atomic mass is 16.5. The van der Waals surface area contributed by atoms with Gasteiger partial charge in [-0.15, -0.1) is 0 Å². The average molecular weight is 592 g/mol. The third-order valence-corrected chi connectivity index (χ3v) is 8.34. The van der Waals surface area contributed by atoms with Crippen molar-refractivity contribution >= 4 is 33.6 Å². The fourth-order valence-electron chi connectivity index (χ4n) is 6.00. The lowest BCUT2D eigenvalue weighted by atomic mass is 9.95. The maximum absolute atomic E-state index is 13.1. The summed E-state index contributed by atoms with van der Waals surface area (Å²) >= 11 is 0. The summed E-state index contributed by atoms with van der Waals surface area (Å²) in [6.45, 7) is 7.01. The molecule has 1 aliphatic rings. The van der Waals surface area contributed by atoms with Gasteiger partial charge in [-0.2, -0.15) is 0 Å². The van der Waals surface area contributed by atoms with Gasteiger partial charge in [0.25, 0.3) is 5.91 Å². The van der Waals surface area contributed by atoms with Crippen LogP contribution in [-0.4, -0.2) is 72.9 Å². The van der Waals surface area contributed by atoms with Crippen LogP contribution in [-0.2, 0) is 11.2 Å². The first kappa shape index (κ1) is 29.4. The highest BCUT2D eigenvalue weighted by molar-refractivity contribution is 6.04. The average Bonchev–Trinajstić information content (AvgIpc) is 3.43. The molecule has 8 nitrogen and oxygen atoms in total. The highest BCUT2D eigenvalue weighted by Crippen LogP contribution is 2.35. The molecule has 0 radical (unpaired) electrons. The smallest absolute Gasteiger partial charge is 0.352 e. The molecule has 0 bridgehead atoms. The van der Waals surface area contributed by atoms with E-state index in [-0.39, 0.29) is 11.6 Å². The second-order valence-electron chi connectivity index (χ2n) is 11.2. The van der Waals surface area contributed by atoms with Gasteiger partial charge in [-0.25, -0.2) is 4.79 Å². The minimum atomic E-state index is -0.998. The second-order valence-corrected chi connectivity index (χ2v) is 11.2. The number of hydrogen-bond acceptors (Lipinski definition) is 5. The van der Waals surface area contributed by atoms with Crippen molar-refractivity contribution in [2.45, 2.75) is 19.8 Å². The predicted molar refractivity (Wildman–Crippen MR) is 173 cm³/mol. The molecular weight excluding hydrogens is 554 g/mol. The number of carbonyl (C=O) groups excluding carboxylic acids is 1. The molecule has 6 rings (SSSR count). The van der Waals surface area contributed by atoms with Crippen molar-refractivity contribution in [3.8, 4) is 16.9 Å². The van der Waals surface area contributed by atoms with Crippen LogP contribution in [0.2, 0.25) is 0 Å². The van der Waals surface area contributed by atoms with Gasteiger partial charge < -0.3 is 24.9 Å². The number of aromatic carboxylic acids is 1. The van der Waals surface area contributed by atoms with E-state index < -0.39 is 5.97 Å². The molecule has 0 aliphatic carbocycles. The maximum Gasteiger partial charge on any atom is 0.352 e. The van der Waals surface area contributed by atoms with Crippen LogP contribution in [0.4, 0.5) is 0 Å². The summed E-state index contributed by atoms with van der Waals surface area (Å²) in [6, 6.07) is 25.6. The van der Waals surface area contributed by atoms with Gasteiger partial charge in [0.2, 0.25) is 0 Å². The molecule has 2 heterocycles. The van der Waals surface area contributed by atoms with Crippen molar-refractivity contribution in [1.82, 2.24) is 15.2 Å². The lowest BCUT2D eigenvalue weighted by Crippen LogP contribution is -2.41. The molecule has 1 aromatic heterocycles. The van der Waals surface area contributed by atoms with Crippen LogP contribution in [0.25, 0.3) is 32.8 Å². The number of ether oxygens (including phenoxy) is 2. The van der Waals surface area contributed by atoms with Crippen LogP contribution in [0, 0.1) is 6.92 Å². The Morgan fingerprint density at radius 2 is 1.73 bits per heavy atom. The van der Waals surface area contributed by atoms with Crippen LogP contribution >= 0.6 is 0 Å². The lowest BCUT2D eigenvalue weighted by Gasteiger charge is -2.26. The number of aromatic amines is 1. The standard InChI is InChI=1S/C36H37N3O5/c1-24-14-15-26(35(40)37-16-17-39-18-21-43-22-19-39)23-31(24)30-11-5-10-28-29(34(36(41)42)38-33(28)30)12-6-20-44-32-13-4-8-25-7-2-3-9-27(25)32/h2-5,7-11,13-15,23,38H,6,12,16-22H2,1H3,(H,37,40)(H,41,42). The largest absolute Gasteiger partial charge is 0.493 e. The number of aryl methyl sites for hydroxylation is 2. The number of nitrogens with zero attached hydrogens (tertiary/aromatic N) is 1. The summed E-state index contributed by atoms with van der Waals surface area (Å²) in [4.78, 5) is 30.9. The molecule has 4 aromatic carbocycles. The summed E-state index contributed by atoms with van der Waals surface area (Å²) in [6.07, 6.45) is 1.19. The van der Waals surface area contributed by atoms with Gasteiger partial charge in [0.1, 0.15) is 11.4 Å². The molecular formula is C36H37N3O5. The number of fused-ring (bicyclic) bond motifs is 2. The summed E-state index contributed by atoms with van der Waals surface area (Å²) < 4.78 is 11.5. The number of carboxylic acids is 1. The normalized spacial score (nSPS) is 13.8. The topological polar surface area (TPSA) is 104 Å². The van der Waals surface area contributed by atoms with Crippen LogP contribution < -0.4 is 10.1 Å². The molecule has 0 atom stereocenters. The van der Waals surface area contributed by atoms with Crippen molar-refractivity contribution in [2.75, 3.05) is 46.0 Å². The zero-order chi connectivity index (χ0) is 30.5. The van der Waals surface area contributed by atoms with Crippen LogP contribution in [0.5, 0.6) is 5.75 Å². The molecule has 44 heavy (non-hydrogen) atoms. The van der Waals surface area contributed by atoms with E-state index in [1.165, 1.54) is 0 Å². The molecule has 5 aromatic rings. The Bertz CT molecular complexity index is 1800. The Kier molecular flexibility index (Phi) is 8.91. The quantitative estimate of drug-likeness (QED) is 0.161. The fourth-order valence-corrected chi connectivity index (χ4v) is 6.00. The molecule has 0 unspecified atom stereocenters. The number of hydrogen-bond donors (Lipinski definition) is 3. The number of rotatable bonds is 11. The van der Waals surface area contributed by atoms with Crippen molar-refractivity contribution in [1.29, 1.82) is 0 Å². The minimum Gasteiger partial charge on any atom is -0.493 e. The molecule has 1 amide bonds. The molecule has 0 spiro atoms. The first-order chi connectivity index (χ1) is 21.5. The summed E-state index contributed by atoms with van der Waals surface area (Å²) in [5.74, 6) is -0.304. The number of nitrogens with one attached hydrogen (secondary N) is 2. The fraction of sp³-hybridized carbons (Fsp3) is 0.278. The molecule has 1 saturated heterocycles. The maximum atomic E-state index is 13.1. The monoisotopic (exact) mass is 591 g/mol. The second kappa shape index (κ2) is 13.3. The zero-order valence-electron chi connectivity index (χ0n) is 24.9. The van der Waals surface area contributed by atoms with Gasteiger partial charge in [0.15, 0.2) is 0 Å². The number of morpholine rings is 1. The van der Waals surface area contributed by atoms with Crippen molar-refractivity contribution in [2.24, 2.45) is 0 Å². The predicted octanol–water partition coefficient (Wildman–Crippen LogP) is 6.07. The van der Waals surface area contributed by atoms with Gasteiger partial charge in [-0.3, -0.25) is 9.69 Å². The summed E-state index contributed by atoms with van der Waals surface area (Å²) in [5, 5.41) is 16.2. The number of amides is 1. The third-order valence-electron chi connectivity index (χ3n) is 8.34. The number of para-hydroxylation sites is 1. The molecule has 226 valence electrons. The number of H-pyrrole nitrogens is 1. The van der Waals surface area contributed by atoms with Crippen molar-refractivity contribution < 1.29 is 24.2 Å².